The summed E-state index contributed by atoms with van der Waals surface area (Å²) < 4.78 is 26.0. The van der Waals surface area contributed by atoms with Gasteiger partial charge in [0.25, 0.3) is 0 Å². The number of carbonyl (C=O) groups is 1. The predicted molar refractivity (Wildman–Crippen MR) is 87.3 cm³/mol. The SMILES string of the molecule is Cc1ccccc1S(=O)(=O)CC(=O)c1cc(Br)sc1Br. The van der Waals surface area contributed by atoms with E-state index in [0.29, 0.717) is 14.9 Å². The summed E-state index contributed by atoms with van der Waals surface area (Å²) in [6, 6.07) is 8.29. The van der Waals surface area contributed by atoms with Gasteiger partial charge >= 0.3 is 0 Å². The zero-order valence-electron chi connectivity index (χ0n) is 10.4. The standard InChI is InChI=1S/C13H10Br2O3S2/c1-8-4-2-3-5-11(8)20(17,18)7-10(16)9-6-12(14)19-13(9)15/h2-6H,7H2,1H3. The first-order valence-corrected chi connectivity index (χ1v) is 9.63. The van der Waals surface area contributed by atoms with Crippen molar-refractivity contribution in [2.45, 2.75) is 11.8 Å². The lowest BCUT2D eigenvalue weighted by Gasteiger charge is -2.06. The van der Waals surface area contributed by atoms with Gasteiger partial charge in [-0.25, -0.2) is 8.42 Å². The molecule has 0 saturated heterocycles. The molecule has 2 rings (SSSR count). The molecule has 0 atom stereocenters. The normalized spacial score (nSPS) is 11.6. The Morgan fingerprint density at radius 2 is 1.90 bits per heavy atom. The minimum atomic E-state index is -3.63. The van der Waals surface area contributed by atoms with Crippen molar-refractivity contribution in [1.29, 1.82) is 0 Å². The minimum absolute atomic E-state index is 0.207. The van der Waals surface area contributed by atoms with E-state index in [9.17, 15) is 13.2 Å². The lowest BCUT2D eigenvalue weighted by Crippen LogP contribution is -2.17. The van der Waals surface area contributed by atoms with Gasteiger partial charge in [0.2, 0.25) is 0 Å². The number of carbonyl (C=O) groups excluding carboxylic acids is 1. The van der Waals surface area contributed by atoms with Crippen LogP contribution in [0.25, 0.3) is 0 Å². The van der Waals surface area contributed by atoms with Gasteiger partial charge in [0.15, 0.2) is 15.6 Å². The number of rotatable bonds is 4. The molecule has 1 aromatic heterocycles. The maximum Gasteiger partial charge on any atom is 0.186 e. The summed E-state index contributed by atoms with van der Waals surface area (Å²) in [5.74, 6) is -0.943. The van der Waals surface area contributed by atoms with Crippen molar-refractivity contribution in [3.63, 3.8) is 0 Å². The van der Waals surface area contributed by atoms with Crippen LogP contribution in [-0.4, -0.2) is 20.0 Å². The number of halogens is 2. The Hall–Kier alpha value is -0.500. The van der Waals surface area contributed by atoms with Crippen molar-refractivity contribution >= 4 is 58.8 Å². The summed E-state index contributed by atoms with van der Waals surface area (Å²) in [4.78, 5) is 12.4. The highest BCUT2D eigenvalue weighted by Crippen LogP contribution is 2.32. The minimum Gasteiger partial charge on any atom is -0.293 e. The summed E-state index contributed by atoms with van der Waals surface area (Å²) in [7, 11) is -3.63. The fourth-order valence-electron chi connectivity index (χ4n) is 1.76. The molecule has 0 aliphatic heterocycles. The highest BCUT2D eigenvalue weighted by Gasteiger charge is 2.24. The van der Waals surface area contributed by atoms with Crippen molar-refractivity contribution in [2.24, 2.45) is 0 Å². The first-order valence-electron chi connectivity index (χ1n) is 5.57. The third kappa shape index (κ3) is 3.39. The van der Waals surface area contributed by atoms with Gasteiger partial charge in [0.1, 0.15) is 5.75 Å². The van der Waals surface area contributed by atoms with Crippen LogP contribution in [0.5, 0.6) is 0 Å². The summed E-state index contributed by atoms with van der Waals surface area (Å²) >= 11 is 7.88. The molecule has 1 heterocycles. The van der Waals surface area contributed by atoms with Gasteiger partial charge in [-0.05, 0) is 56.5 Å². The molecule has 0 saturated carbocycles. The Labute approximate surface area is 138 Å². The largest absolute Gasteiger partial charge is 0.293 e. The van der Waals surface area contributed by atoms with Crippen molar-refractivity contribution in [3.05, 3.63) is 49.0 Å². The van der Waals surface area contributed by atoms with Crippen LogP contribution in [0.1, 0.15) is 15.9 Å². The smallest absolute Gasteiger partial charge is 0.186 e. The van der Waals surface area contributed by atoms with E-state index in [0.717, 1.165) is 3.79 Å². The van der Waals surface area contributed by atoms with Crippen LogP contribution in [0.4, 0.5) is 0 Å². The van der Waals surface area contributed by atoms with Crippen LogP contribution < -0.4 is 0 Å². The van der Waals surface area contributed by atoms with E-state index in [1.54, 1.807) is 31.2 Å². The van der Waals surface area contributed by atoms with Crippen molar-refractivity contribution < 1.29 is 13.2 Å². The molecular weight excluding hydrogens is 428 g/mol. The van der Waals surface area contributed by atoms with Crippen LogP contribution >= 0.6 is 43.2 Å². The first kappa shape index (κ1) is 15.9. The molecule has 106 valence electrons. The van der Waals surface area contributed by atoms with Gasteiger partial charge < -0.3 is 0 Å². The average molecular weight is 438 g/mol. The molecule has 0 fully saturated rings. The van der Waals surface area contributed by atoms with E-state index in [4.69, 9.17) is 0 Å². The second-order valence-corrected chi connectivity index (χ2v) is 9.89. The van der Waals surface area contributed by atoms with Gasteiger partial charge in [-0.1, -0.05) is 18.2 Å². The van der Waals surface area contributed by atoms with Gasteiger partial charge in [0.05, 0.1) is 12.5 Å². The summed E-state index contributed by atoms with van der Waals surface area (Å²) in [6.07, 6.45) is 0. The number of aryl methyl sites for hydroxylation is 1. The van der Waals surface area contributed by atoms with Crippen molar-refractivity contribution in [1.82, 2.24) is 0 Å². The number of hydrogen-bond acceptors (Lipinski definition) is 4. The van der Waals surface area contributed by atoms with Gasteiger partial charge in [-0.3, -0.25) is 4.79 Å². The van der Waals surface area contributed by atoms with E-state index in [1.165, 1.54) is 17.4 Å². The maximum absolute atomic E-state index is 12.3. The number of Topliss-reactive ketones (excluding diaryl/α,β-unsaturated/α-hetero) is 1. The monoisotopic (exact) mass is 436 g/mol. The number of benzene rings is 1. The lowest BCUT2D eigenvalue weighted by molar-refractivity contribution is 0.102. The number of thiophene rings is 1. The van der Waals surface area contributed by atoms with E-state index < -0.39 is 21.4 Å². The number of sulfone groups is 1. The van der Waals surface area contributed by atoms with Gasteiger partial charge in [-0.15, -0.1) is 11.3 Å². The predicted octanol–water partition coefficient (Wildman–Crippen LogP) is 4.24. The summed E-state index contributed by atoms with van der Waals surface area (Å²) in [5.41, 5.74) is 1.03. The van der Waals surface area contributed by atoms with E-state index >= 15 is 0 Å². The summed E-state index contributed by atoms with van der Waals surface area (Å²) in [5, 5.41) is 0. The Morgan fingerprint density at radius 3 is 2.45 bits per heavy atom. The molecule has 0 N–H and O–H groups in total. The Kier molecular flexibility index (Phi) is 4.84. The quantitative estimate of drug-likeness (QED) is 0.672. The Morgan fingerprint density at radius 1 is 1.25 bits per heavy atom. The molecule has 1 aromatic carbocycles. The molecular formula is C13H10Br2O3S2. The zero-order valence-corrected chi connectivity index (χ0v) is 15.2. The number of hydrogen-bond donors (Lipinski definition) is 0. The molecule has 0 bridgehead atoms. The van der Waals surface area contributed by atoms with Crippen LogP contribution in [0.15, 0.2) is 42.8 Å². The average Bonchev–Trinajstić information content (AvgIpc) is 2.68. The maximum atomic E-state index is 12.3. The van der Waals surface area contributed by atoms with Crippen LogP contribution in [0.2, 0.25) is 0 Å². The third-order valence-electron chi connectivity index (χ3n) is 2.71. The third-order valence-corrected chi connectivity index (χ3v) is 6.82. The Balaban J connectivity index is 2.32. The fraction of sp³-hybridized carbons (Fsp3) is 0.154. The molecule has 0 aliphatic rings. The van der Waals surface area contributed by atoms with Gasteiger partial charge in [0, 0.05) is 5.56 Å². The molecule has 2 aromatic rings. The summed E-state index contributed by atoms with van der Waals surface area (Å²) in [6.45, 7) is 1.72. The lowest BCUT2D eigenvalue weighted by atomic mass is 10.2. The second kappa shape index (κ2) is 6.09. The second-order valence-electron chi connectivity index (χ2n) is 4.19. The fourth-order valence-corrected chi connectivity index (χ4v) is 6.12. The first-order chi connectivity index (χ1) is 9.31. The number of ketones is 1. The van der Waals surface area contributed by atoms with Gasteiger partial charge in [-0.2, -0.15) is 0 Å². The van der Waals surface area contributed by atoms with E-state index in [1.807, 2.05) is 0 Å². The Bertz CT molecular complexity index is 764. The molecule has 3 nitrogen and oxygen atoms in total. The van der Waals surface area contributed by atoms with Crippen LogP contribution in [0.3, 0.4) is 0 Å². The van der Waals surface area contributed by atoms with Crippen LogP contribution in [-0.2, 0) is 9.84 Å². The zero-order chi connectivity index (χ0) is 14.9. The molecule has 0 radical (unpaired) electrons. The van der Waals surface area contributed by atoms with E-state index in [2.05, 4.69) is 31.9 Å². The molecule has 7 heteroatoms. The van der Waals surface area contributed by atoms with Crippen molar-refractivity contribution in [2.75, 3.05) is 5.75 Å². The highest BCUT2D eigenvalue weighted by atomic mass is 79.9. The molecule has 0 aliphatic carbocycles. The topological polar surface area (TPSA) is 51.2 Å². The van der Waals surface area contributed by atoms with Crippen molar-refractivity contribution in [3.8, 4) is 0 Å². The highest BCUT2D eigenvalue weighted by molar-refractivity contribution is 9.12. The molecule has 0 spiro atoms. The van der Waals surface area contributed by atoms with Crippen LogP contribution in [0, 0.1) is 6.92 Å². The molecule has 20 heavy (non-hydrogen) atoms. The van der Waals surface area contributed by atoms with E-state index in [-0.39, 0.29) is 4.90 Å². The molecule has 0 unspecified atom stereocenters. The molecule has 0 amide bonds.